The van der Waals surface area contributed by atoms with Gasteiger partial charge in [-0.1, -0.05) is 12.1 Å². The van der Waals surface area contributed by atoms with E-state index in [1.807, 2.05) is 25.4 Å². The van der Waals surface area contributed by atoms with E-state index in [-0.39, 0.29) is 11.8 Å². The van der Waals surface area contributed by atoms with Gasteiger partial charge in [0, 0.05) is 51.4 Å². The lowest BCUT2D eigenvalue weighted by Crippen LogP contribution is -2.26. The summed E-state index contributed by atoms with van der Waals surface area (Å²) in [6.45, 7) is 2.46. The van der Waals surface area contributed by atoms with E-state index in [0.717, 1.165) is 11.1 Å². The number of nitrogens with zero attached hydrogens (tertiary/aromatic N) is 3. The summed E-state index contributed by atoms with van der Waals surface area (Å²) >= 11 is 0. The molecule has 0 saturated heterocycles. The van der Waals surface area contributed by atoms with Crippen LogP contribution in [0, 0.1) is 0 Å². The lowest BCUT2D eigenvalue weighted by atomic mass is 10.1. The van der Waals surface area contributed by atoms with Gasteiger partial charge in [-0.05, 0) is 17.7 Å². The van der Waals surface area contributed by atoms with E-state index in [4.69, 9.17) is 0 Å². The quantitative estimate of drug-likeness (QED) is 0.906. The zero-order valence-corrected chi connectivity index (χ0v) is 13.0. The van der Waals surface area contributed by atoms with Crippen molar-refractivity contribution in [2.24, 2.45) is 7.05 Å². The summed E-state index contributed by atoms with van der Waals surface area (Å²) in [5.74, 6) is -0.119. The normalized spacial score (nSPS) is 10.3. The molecule has 0 atom stereocenters. The topological polar surface area (TPSA) is 67.2 Å². The minimum Gasteiger partial charge on any atom is -0.352 e. The van der Waals surface area contributed by atoms with Gasteiger partial charge in [-0.2, -0.15) is 5.10 Å². The molecule has 116 valence electrons. The van der Waals surface area contributed by atoms with Crippen molar-refractivity contribution in [3.8, 4) is 0 Å². The van der Waals surface area contributed by atoms with E-state index in [0.29, 0.717) is 18.7 Å². The highest BCUT2D eigenvalue weighted by Crippen LogP contribution is 2.09. The van der Waals surface area contributed by atoms with E-state index in [9.17, 15) is 9.59 Å². The maximum atomic E-state index is 12.4. The third-order valence-corrected chi connectivity index (χ3v) is 3.27. The van der Waals surface area contributed by atoms with Crippen molar-refractivity contribution in [3.63, 3.8) is 0 Å². The SMILES string of the molecule is CC(=O)NCc1ccc(C(=O)N(C)Cc2cnn(C)c2)cc1. The molecule has 0 saturated carbocycles. The molecule has 2 amide bonds. The van der Waals surface area contributed by atoms with Crippen LogP contribution in [-0.4, -0.2) is 33.5 Å². The molecular formula is C16H20N4O2. The third-order valence-electron chi connectivity index (χ3n) is 3.27. The minimum atomic E-state index is -0.0728. The number of hydrogen-bond acceptors (Lipinski definition) is 3. The van der Waals surface area contributed by atoms with Crippen molar-refractivity contribution in [1.82, 2.24) is 20.0 Å². The van der Waals surface area contributed by atoms with Crippen molar-refractivity contribution in [1.29, 1.82) is 0 Å². The van der Waals surface area contributed by atoms with Crippen LogP contribution in [0.15, 0.2) is 36.7 Å². The lowest BCUT2D eigenvalue weighted by Gasteiger charge is -2.16. The standard InChI is InChI=1S/C16H20N4O2/c1-12(21)17-8-13-4-6-15(7-5-13)16(22)19(2)10-14-9-18-20(3)11-14/h4-7,9,11H,8,10H2,1-3H3,(H,17,21). The monoisotopic (exact) mass is 300 g/mol. The molecule has 0 bridgehead atoms. The molecule has 0 aliphatic carbocycles. The molecule has 2 rings (SSSR count). The van der Waals surface area contributed by atoms with Crippen molar-refractivity contribution in [2.45, 2.75) is 20.0 Å². The van der Waals surface area contributed by atoms with Crippen LogP contribution in [0.3, 0.4) is 0 Å². The number of hydrogen-bond donors (Lipinski definition) is 1. The first-order valence-electron chi connectivity index (χ1n) is 7.02. The minimum absolute atomic E-state index is 0.0464. The Labute approximate surface area is 129 Å². The molecule has 0 spiro atoms. The summed E-state index contributed by atoms with van der Waals surface area (Å²) in [6, 6.07) is 7.25. The molecule has 1 aromatic carbocycles. The summed E-state index contributed by atoms with van der Waals surface area (Å²) in [5.41, 5.74) is 2.57. The van der Waals surface area contributed by atoms with E-state index >= 15 is 0 Å². The van der Waals surface area contributed by atoms with Crippen molar-refractivity contribution >= 4 is 11.8 Å². The predicted molar refractivity (Wildman–Crippen MR) is 83.0 cm³/mol. The Morgan fingerprint density at radius 2 is 1.91 bits per heavy atom. The Morgan fingerprint density at radius 3 is 2.45 bits per heavy atom. The number of carbonyl (C=O) groups excluding carboxylic acids is 2. The fraction of sp³-hybridized carbons (Fsp3) is 0.312. The highest BCUT2D eigenvalue weighted by molar-refractivity contribution is 5.94. The maximum Gasteiger partial charge on any atom is 0.253 e. The zero-order valence-electron chi connectivity index (χ0n) is 13.0. The Hall–Kier alpha value is -2.63. The average molecular weight is 300 g/mol. The zero-order chi connectivity index (χ0) is 16.1. The molecule has 1 N–H and O–H groups in total. The van der Waals surface area contributed by atoms with Gasteiger partial charge in [-0.25, -0.2) is 0 Å². The first kappa shape index (κ1) is 15.8. The van der Waals surface area contributed by atoms with E-state index < -0.39 is 0 Å². The van der Waals surface area contributed by atoms with Gasteiger partial charge in [0.05, 0.1) is 6.20 Å². The van der Waals surface area contributed by atoms with Crippen LogP contribution in [0.2, 0.25) is 0 Å². The smallest absolute Gasteiger partial charge is 0.253 e. The van der Waals surface area contributed by atoms with Gasteiger partial charge < -0.3 is 10.2 Å². The fourth-order valence-electron chi connectivity index (χ4n) is 2.11. The van der Waals surface area contributed by atoms with Crippen LogP contribution < -0.4 is 5.32 Å². The summed E-state index contributed by atoms with van der Waals surface area (Å²) in [6.07, 6.45) is 3.64. The molecule has 1 aromatic heterocycles. The second-order valence-electron chi connectivity index (χ2n) is 5.29. The first-order chi connectivity index (χ1) is 10.5. The maximum absolute atomic E-state index is 12.4. The molecule has 0 aliphatic rings. The van der Waals surface area contributed by atoms with Crippen LogP contribution in [0.5, 0.6) is 0 Å². The Morgan fingerprint density at radius 1 is 1.23 bits per heavy atom. The summed E-state index contributed by atoms with van der Waals surface area (Å²) in [5, 5.41) is 6.82. The Kier molecular flexibility index (Phi) is 4.93. The Bertz CT molecular complexity index is 661. The van der Waals surface area contributed by atoms with Crippen molar-refractivity contribution in [2.75, 3.05) is 7.05 Å². The fourth-order valence-corrected chi connectivity index (χ4v) is 2.11. The van der Waals surface area contributed by atoms with Crippen LogP contribution in [0.4, 0.5) is 0 Å². The number of aromatic nitrogens is 2. The third kappa shape index (κ3) is 4.18. The molecule has 1 heterocycles. The number of rotatable bonds is 5. The number of amides is 2. The van der Waals surface area contributed by atoms with Gasteiger partial charge in [-0.15, -0.1) is 0 Å². The van der Waals surface area contributed by atoms with Crippen LogP contribution in [0.1, 0.15) is 28.4 Å². The van der Waals surface area contributed by atoms with Crippen molar-refractivity contribution < 1.29 is 9.59 Å². The predicted octanol–water partition coefficient (Wildman–Crippen LogP) is 1.33. The van der Waals surface area contributed by atoms with Gasteiger partial charge in [-0.3, -0.25) is 14.3 Å². The Balaban J connectivity index is 1.97. The average Bonchev–Trinajstić information content (AvgIpc) is 2.90. The van der Waals surface area contributed by atoms with Crippen LogP contribution in [0.25, 0.3) is 0 Å². The highest BCUT2D eigenvalue weighted by Gasteiger charge is 2.12. The van der Waals surface area contributed by atoms with E-state index in [1.165, 1.54) is 6.92 Å². The molecule has 2 aromatic rings. The largest absolute Gasteiger partial charge is 0.352 e. The van der Waals surface area contributed by atoms with Crippen LogP contribution in [-0.2, 0) is 24.9 Å². The molecule has 0 aliphatic heterocycles. The van der Waals surface area contributed by atoms with Gasteiger partial charge in [0.1, 0.15) is 0 Å². The van der Waals surface area contributed by atoms with Crippen molar-refractivity contribution in [3.05, 3.63) is 53.3 Å². The van der Waals surface area contributed by atoms with Gasteiger partial charge in [0.15, 0.2) is 0 Å². The first-order valence-corrected chi connectivity index (χ1v) is 7.02. The van der Waals surface area contributed by atoms with Crippen LogP contribution >= 0.6 is 0 Å². The lowest BCUT2D eigenvalue weighted by molar-refractivity contribution is -0.119. The second-order valence-corrected chi connectivity index (χ2v) is 5.29. The van der Waals surface area contributed by atoms with E-state index in [2.05, 4.69) is 10.4 Å². The number of benzene rings is 1. The van der Waals surface area contributed by atoms with E-state index in [1.54, 1.807) is 35.0 Å². The molecular weight excluding hydrogens is 280 g/mol. The number of nitrogens with one attached hydrogen (secondary N) is 1. The molecule has 0 radical (unpaired) electrons. The molecule has 22 heavy (non-hydrogen) atoms. The van der Waals surface area contributed by atoms with Gasteiger partial charge in [0.25, 0.3) is 5.91 Å². The molecule has 6 nitrogen and oxygen atoms in total. The second kappa shape index (κ2) is 6.89. The summed E-state index contributed by atoms with van der Waals surface area (Å²) < 4.78 is 1.71. The summed E-state index contributed by atoms with van der Waals surface area (Å²) in [4.78, 5) is 24.9. The highest BCUT2D eigenvalue weighted by atomic mass is 16.2. The summed E-state index contributed by atoms with van der Waals surface area (Å²) in [7, 11) is 3.61. The molecule has 0 fully saturated rings. The number of carbonyl (C=O) groups is 2. The van der Waals surface area contributed by atoms with Gasteiger partial charge >= 0.3 is 0 Å². The number of aryl methyl sites for hydroxylation is 1. The van der Waals surface area contributed by atoms with Gasteiger partial charge in [0.2, 0.25) is 5.91 Å². The molecule has 6 heteroatoms. The molecule has 0 unspecified atom stereocenters.